The molecule has 3 nitrogen and oxygen atoms in total. The lowest BCUT2D eigenvalue weighted by Crippen LogP contribution is -2.32. The fraction of sp³-hybridized carbons (Fsp3) is 0.667. The van der Waals surface area contributed by atoms with E-state index >= 15 is 0 Å². The van der Waals surface area contributed by atoms with Crippen LogP contribution in [0.3, 0.4) is 0 Å². The Kier molecular flexibility index (Phi) is 4.75. The normalized spacial score (nSPS) is 25.1. The van der Waals surface area contributed by atoms with Crippen LogP contribution in [0.5, 0.6) is 5.88 Å². The van der Waals surface area contributed by atoms with Crippen LogP contribution in [0.15, 0.2) is 12.3 Å². The highest BCUT2D eigenvalue weighted by Crippen LogP contribution is 2.39. The summed E-state index contributed by atoms with van der Waals surface area (Å²) in [7, 11) is 1.45. The van der Waals surface area contributed by atoms with Gasteiger partial charge in [0.25, 0.3) is 0 Å². The summed E-state index contributed by atoms with van der Waals surface area (Å²) >= 11 is 0. The number of methoxy groups -OCH3 is 1. The molecule has 0 aromatic carbocycles. The number of hydrogen-bond acceptors (Lipinski definition) is 3. The number of hydrogen-bond donors (Lipinski definition) is 1. The van der Waals surface area contributed by atoms with Gasteiger partial charge in [0.05, 0.1) is 7.11 Å². The highest BCUT2D eigenvalue weighted by molar-refractivity contribution is 5.27. The maximum Gasteiger partial charge on any atom is 0.250 e. The van der Waals surface area contributed by atoms with E-state index < -0.39 is 0 Å². The molecule has 2 rings (SSSR count). The smallest absolute Gasteiger partial charge is 0.250 e. The molecule has 19 heavy (non-hydrogen) atoms. The molecule has 0 amide bonds. The summed E-state index contributed by atoms with van der Waals surface area (Å²) in [6.45, 7) is 2.13. The Labute approximate surface area is 114 Å². The lowest BCUT2D eigenvalue weighted by Gasteiger charge is -2.32. The Morgan fingerprint density at radius 2 is 2.11 bits per heavy atom. The maximum absolute atomic E-state index is 14.2. The fourth-order valence-corrected chi connectivity index (χ4v) is 3.09. The SMILES string of the molecule is CCC(N)C1CCC(c2ccnc(OC)c2F)CC1. The van der Waals surface area contributed by atoms with E-state index in [0.717, 1.165) is 37.7 Å². The van der Waals surface area contributed by atoms with Crippen LogP contribution in [0, 0.1) is 11.7 Å². The third-order valence-corrected chi connectivity index (χ3v) is 4.37. The van der Waals surface area contributed by atoms with Crippen molar-refractivity contribution in [2.75, 3.05) is 7.11 Å². The van der Waals surface area contributed by atoms with Gasteiger partial charge in [-0.25, -0.2) is 9.37 Å². The van der Waals surface area contributed by atoms with E-state index in [-0.39, 0.29) is 23.7 Å². The molecule has 2 N–H and O–H groups in total. The van der Waals surface area contributed by atoms with Crippen LogP contribution in [0.1, 0.15) is 50.5 Å². The van der Waals surface area contributed by atoms with Crippen LogP contribution in [0.2, 0.25) is 0 Å². The second kappa shape index (κ2) is 6.33. The molecule has 1 aliphatic rings. The number of ether oxygens (including phenoxy) is 1. The third-order valence-electron chi connectivity index (χ3n) is 4.37. The summed E-state index contributed by atoms with van der Waals surface area (Å²) in [5.41, 5.74) is 6.85. The third kappa shape index (κ3) is 3.06. The van der Waals surface area contributed by atoms with Crippen LogP contribution in [-0.2, 0) is 0 Å². The van der Waals surface area contributed by atoms with Gasteiger partial charge in [0.2, 0.25) is 5.88 Å². The number of aromatic nitrogens is 1. The largest absolute Gasteiger partial charge is 0.479 e. The first kappa shape index (κ1) is 14.3. The van der Waals surface area contributed by atoms with Crippen molar-refractivity contribution in [1.82, 2.24) is 4.98 Å². The molecule has 4 heteroatoms. The number of pyridine rings is 1. The van der Waals surface area contributed by atoms with Gasteiger partial charge >= 0.3 is 0 Å². The summed E-state index contributed by atoms with van der Waals surface area (Å²) in [6, 6.07) is 2.07. The molecule has 1 aromatic heterocycles. The molecular formula is C15H23FN2O. The van der Waals surface area contributed by atoms with Crippen molar-refractivity contribution in [1.29, 1.82) is 0 Å². The van der Waals surface area contributed by atoms with Crippen molar-refractivity contribution in [3.8, 4) is 5.88 Å². The molecule has 0 saturated heterocycles. The van der Waals surface area contributed by atoms with Gasteiger partial charge < -0.3 is 10.5 Å². The fourth-order valence-electron chi connectivity index (χ4n) is 3.09. The molecule has 106 valence electrons. The minimum absolute atomic E-state index is 0.102. The van der Waals surface area contributed by atoms with Gasteiger partial charge in [0.1, 0.15) is 0 Å². The first-order valence-corrected chi connectivity index (χ1v) is 7.11. The highest BCUT2D eigenvalue weighted by atomic mass is 19.1. The monoisotopic (exact) mass is 266 g/mol. The Morgan fingerprint density at radius 3 is 2.68 bits per heavy atom. The topological polar surface area (TPSA) is 48.1 Å². The molecule has 0 bridgehead atoms. The van der Waals surface area contributed by atoms with E-state index in [1.165, 1.54) is 7.11 Å². The molecule has 1 saturated carbocycles. The van der Waals surface area contributed by atoms with Gasteiger partial charge in [-0.2, -0.15) is 0 Å². The standard InChI is InChI=1S/C15H23FN2O/c1-3-13(17)11-6-4-10(5-7-11)12-8-9-18-15(19-2)14(12)16/h8-11,13H,3-7,17H2,1-2H3. The van der Waals surface area contributed by atoms with Gasteiger partial charge in [-0.15, -0.1) is 0 Å². The average Bonchev–Trinajstić information content (AvgIpc) is 2.47. The number of halogens is 1. The molecule has 1 aliphatic carbocycles. The molecule has 1 unspecified atom stereocenters. The second-order valence-electron chi connectivity index (χ2n) is 5.41. The summed E-state index contributed by atoms with van der Waals surface area (Å²) in [5, 5.41) is 0. The van der Waals surface area contributed by atoms with Crippen molar-refractivity contribution in [3.63, 3.8) is 0 Å². The predicted octanol–water partition coefficient (Wildman–Crippen LogP) is 3.24. The average molecular weight is 266 g/mol. The van der Waals surface area contributed by atoms with E-state index in [2.05, 4.69) is 11.9 Å². The van der Waals surface area contributed by atoms with Crippen molar-refractivity contribution >= 4 is 0 Å². The molecule has 0 radical (unpaired) electrons. The molecule has 0 aliphatic heterocycles. The first-order valence-electron chi connectivity index (χ1n) is 7.11. The summed E-state index contributed by atoms with van der Waals surface area (Å²) in [5.74, 6) is 0.670. The van der Waals surface area contributed by atoms with Crippen LogP contribution >= 0.6 is 0 Å². The van der Waals surface area contributed by atoms with E-state index in [0.29, 0.717) is 5.92 Å². The lowest BCUT2D eigenvalue weighted by atomic mass is 9.76. The summed E-state index contributed by atoms with van der Waals surface area (Å²) in [6.07, 6.45) is 6.83. The van der Waals surface area contributed by atoms with Crippen molar-refractivity contribution in [2.45, 2.75) is 51.0 Å². The van der Waals surface area contributed by atoms with Gasteiger partial charge in [-0.3, -0.25) is 0 Å². The van der Waals surface area contributed by atoms with E-state index in [4.69, 9.17) is 10.5 Å². The Bertz CT molecular complexity index is 417. The lowest BCUT2D eigenvalue weighted by molar-refractivity contribution is 0.273. The zero-order valence-corrected chi connectivity index (χ0v) is 11.7. The van der Waals surface area contributed by atoms with Crippen LogP contribution in [-0.4, -0.2) is 18.1 Å². The van der Waals surface area contributed by atoms with Crippen LogP contribution < -0.4 is 10.5 Å². The van der Waals surface area contributed by atoms with Gasteiger partial charge in [0.15, 0.2) is 5.82 Å². The van der Waals surface area contributed by atoms with E-state index in [1.807, 2.05) is 0 Å². The van der Waals surface area contributed by atoms with Crippen LogP contribution in [0.4, 0.5) is 4.39 Å². The van der Waals surface area contributed by atoms with Gasteiger partial charge in [-0.05, 0) is 55.6 Å². The zero-order chi connectivity index (χ0) is 13.8. The van der Waals surface area contributed by atoms with Crippen molar-refractivity contribution in [3.05, 3.63) is 23.6 Å². The molecule has 1 fully saturated rings. The minimum atomic E-state index is -0.298. The Balaban J connectivity index is 2.06. The van der Waals surface area contributed by atoms with E-state index in [9.17, 15) is 4.39 Å². The first-order chi connectivity index (χ1) is 9.17. The molecular weight excluding hydrogens is 243 g/mol. The minimum Gasteiger partial charge on any atom is -0.479 e. The predicted molar refractivity (Wildman–Crippen MR) is 73.7 cm³/mol. The molecule has 1 heterocycles. The molecule has 0 spiro atoms. The number of nitrogens with two attached hydrogens (primary N) is 1. The van der Waals surface area contributed by atoms with Crippen molar-refractivity contribution in [2.24, 2.45) is 11.7 Å². The highest BCUT2D eigenvalue weighted by Gasteiger charge is 2.28. The quantitative estimate of drug-likeness (QED) is 0.910. The number of rotatable bonds is 4. The zero-order valence-electron chi connectivity index (χ0n) is 11.7. The van der Waals surface area contributed by atoms with Crippen molar-refractivity contribution < 1.29 is 9.13 Å². The van der Waals surface area contributed by atoms with Gasteiger partial charge in [0, 0.05) is 12.2 Å². The van der Waals surface area contributed by atoms with E-state index in [1.54, 1.807) is 12.3 Å². The van der Waals surface area contributed by atoms with Gasteiger partial charge in [-0.1, -0.05) is 6.92 Å². The number of nitrogens with zero attached hydrogens (tertiary/aromatic N) is 1. The molecule has 1 aromatic rings. The maximum atomic E-state index is 14.2. The Hall–Kier alpha value is -1.16. The van der Waals surface area contributed by atoms with Crippen LogP contribution in [0.25, 0.3) is 0 Å². The summed E-state index contributed by atoms with van der Waals surface area (Å²) in [4.78, 5) is 3.89. The second-order valence-corrected chi connectivity index (χ2v) is 5.41. The summed E-state index contributed by atoms with van der Waals surface area (Å²) < 4.78 is 19.1. The Morgan fingerprint density at radius 1 is 1.42 bits per heavy atom. The molecule has 1 atom stereocenters.